The smallest absolute Gasteiger partial charge is 0.238 e. The van der Waals surface area contributed by atoms with Crippen molar-refractivity contribution in [1.29, 1.82) is 0 Å². The largest absolute Gasteiger partial charge is 0.495 e. The van der Waals surface area contributed by atoms with Crippen molar-refractivity contribution in [2.45, 2.75) is 19.9 Å². The predicted octanol–water partition coefficient (Wildman–Crippen LogP) is 4.74. The van der Waals surface area contributed by atoms with Crippen LogP contribution < -0.4 is 15.4 Å². The number of hydrogen-bond acceptors (Lipinski definition) is 3. The Hall–Kier alpha value is -1.82. The van der Waals surface area contributed by atoms with Gasteiger partial charge in [0.1, 0.15) is 11.6 Å². The molecule has 0 aromatic heterocycles. The van der Waals surface area contributed by atoms with Gasteiger partial charge >= 0.3 is 0 Å². The average Bonchev–Trinajstić information content (AvgIpc) is 2.56. The van der Waals surface area contributed by atoms with Crippen molar-refractivity contribution < 1.29 is 13.9 Å². The first-order valence-corrected chi connectivity index (χ1v) is 8.39. The fourth-order valence-corrected chi connectivity index (χ4v) is 2.89. The summed E-state index contributed by atoms with van der Waals surface area (Å²) < 4.78 is 18.8. The van der Waals surface area contributed by atoms with E-state index in [0.717, 1.165) is 5.56 Å². The highest BCUT2D eigenvalue weighted by atomic mass is 35.5. The van der Waals surface area contributed by atoms with Crippen molar-refractivity contribution in [3.05, 3.63) is 57.3 Å². The van der Waals surface area contributed by atoms with Crippen LogP contribution in [0.15, 0.2) is 30.3 Å². The van der Waals surface area contributed by atoms with Crippen LogP contribution in [0.25, 0.3) is 0 Å². The second-order valence-electron chi connectivity index (χ2n) is 5.64. The van der Waals surface area contributed by atoms with Gasteiger partial charge in [-0.05, 0) is 49.2 Å². The second-order valence-corrected chi connectivity index (χ2v) is 6.46. The van der Waals surface area contributed by atoms with Crippen LogP contribution in [0.2, 0.25) is 10.0 Å². The van der Waals surface area contributed by atoms with Crippen molar-refractivity contribution in [3.63, 3.8) is 0 Å². The normalized spacial score (nSPS) is 11.9. The van der Waals surface area contributed by atoms with Gasteiger partial charge in [-0.15, -0.1) is 0 Å². The zero-order chi connectivity index (χ0) is 18.6. The molecular formula is C18H19Cl2FN2O2. The molecule has 0 radical (unpaired) electrons. The Morgan fingerprint density at radius 2 is 1.96 bits per heavy atom. The lowest BCUT2D eigenvalue weighted by molar-refractivity contribution is -0.115. The molecule has 0 fully saturated rings. The monoisotopic (exact) mass is 384 g/mol. The molecule has 0 aliphatic heterocycles. The van der Waals surface area contributed by atoms with Crippen LogP contribution in [0.4, 0.5) is 10.1 Å². The maximum atomic E-state index is 13.6. The number of carbonyl (C=O) groups is 1. The Morgan fingerprint density at radius 3 is 2.64 bits per heavy atom. The quantitative estimate of drug-likeness (QED) is 0.707. The van der Waals surface area contributed by atoms with E-state index in [9.17, 15) is 9.18 Å². The first-order chi connectivity index (χ1) is 11.8. The van der Waals surface area contributed by atoms with Gasteiger partial charge in [0, 0.05) is 11.1 Å². The summed E-state index contributed by atoms with van der Waals surface area (Å²) in [6.07, 6.45) is 0. The van der Waals surface area contributed by atoms with Gasteiger partial charge < -0.3 is 15.4 Å². The highest BCUT2D eigenvalue weighted by Crippen LogP contribution is 2.29. The molecule has 0 heterocycles. The number of methoxy groups -OCH3 is 1. The first kappa shape index (κ1) is 19.5. The van der Waals surface area contributed by atoms with Crippen LogP contribution >= 0.6 is 23.2 Å². The zero-order valence-electron chi connectivity index (χ0n) is 14.1. The molecule has 0 saturated carbocycles. The first-order valence-electron chi connectivity index (χ1n) is 7.64. The van der Waals surface area contributed by atoms with E-state index in [4.69, 9.17) is 27.9 Å². The van der Waals surface area contributed by atoms with E-state index in [0.29, 0.717) is 22.0 Å². The number of anilines is 1. The molecule has 0 unspecified atom stereocenters. The molecule has 2 rings (SSSR count). The molecule has 0 saturated heterocycles. The van der Waals surface area contributed by atoms with Crippen LogP contribution in [0.1, 0.15) is 24.1 Å². The van der Waals surface area contributed by atoms with Crippen LogP contribution in [-0.2, 0) is 4.79 Å². The van der Waals surface area contributed by atoms with Gasteiger partial charge in [-0.2, -0.15) is 0 Å². The lowest BCUT2D eigenvalue weighted by Crippen LogP contribution is -2.30. The van der Waals surface area contributed by atoms with Crippen LogP contribution in [-0.4, -0.2) is 19.6 Å². The number of benzene rings is 2. The number of carbonyl (C=O) groups excluding carboxylic acids is 1. The van der Waals surface area contributed by atoms with Crippen molar-refractivity contribution in [2.24, 2.45) is 0 Å². The number of halogens is 3. The highest BCUT2D eigenvalue weighted by molar-refractivity contribution is 6.35. The minimum absolute atomic E-state index is 0.0266. The zero-order valence-corrected chi connectivity index (χ0v) is 15.6. The molecule has 0 spiro atoms. The average molecular weight is 385 g/mol. The Balaban J connectivity index is 2.00. The van der Waals surface area contributed by atoms with E-state index in [-0.39, 0.29) is 23.5 Å². The maximum Gasteiger partial charge on any atom is 0.238 e. The fraction of sp³-hybridized carbons (Fsp3) is 0.278. The third-order valence-electron chi connectivity index (χ3n) is 3.70. The fourth-order valence-electron chi connectivity index (χ4n) is 2.34. The second kappa shape index (κ2) is 8.52. The third kappa shape index (κ3) is 5.08. The molecule has 134 valence electrons. The minimum atomic E-state index is -0.552. The standard InChI is InChI=1S/C18H19Cl2FN2O2/c1-10-4-5-17(25-3)16(6-10)23-18(24)9-22-11(2)12-7-15(21)14(20)8-13(12)19/h4-8,11,22H,9H2,1-3H3,(H,23,24)/t11-/m0/s1. The van der Waals surface area contributed by atoms with E-state index in [1.165, 1.54) is 19.2 Å². The number of aryl methyl sites for hydroxylation is 1. The molecule has 25 heavy (non-hydrogen) atoms. The van der Waals surface area contributed by atoms with E-state index in [1.807, 2.05) is 19.1 Å². The molecule has 1 atom stereocenters. The molecule has 1 amide bonds. The van der Waals surface area contributed by atoms with Crippen LogP contribution in [0.3, 0.4) is 0 Å². The summed E-state index contributed by atoms with van der Waals surface area (Å²) in [7, 11) is 1.54. The van der Waals surface area contributed by atoms with Crippen molar-refractivity contribution in [1.82, 2.24) is 5.32 Å². The molecule has 2 N–H and O–H groups in total. The number of rotatable bonds is 6. The van der Waals surface area contributed by atoms with E-state index in [1.54, 1.807) is 13.0 Å². The van der Waals surface area contributed by atoms with E-state index in [2.05, 4.69) is 10.6 Å². The van der Waals surface area contributed by atoms with Gasteiger partial charge in [0.05, 0.1) is 24.4 Å². The number of hydrogen-bond donors (Lipinski definition) is 2. The predicted molar refractivity (Wildman–Crippen MR) is 99.2 cm³/mol. The Morgan fingerprint density at radius 1 is 1.24 bits per heavy atom. The summed E-state index contributed by atoms with van der Waals surface area (Å²) in [4.78, 5) is 12.2. The topological polar surface area (TPSA) is 50.4 Å². The Labute approximate surface area is 156 Å². The van der Waals surface area contributed by atoms with Crippen molar-refractivity contribution in [3.8, 4) is 5.75 Å². The number of nitrogens with one attached hydrogen (secondary N) is 2. The summed E-state index contributed by atoms with van der Waals surface area (Å²) in [6, 6.07) is 7.80. The summed E-state index contributed by atoms with van der Waals surface area (Å²) in [5.74, 6) is -0.222. The van der Waals surface area contributed by atoms with Gasteiger partial charge in [-0.1, -0.05) is 29.3 Å². The Kier molecular flexibility index (Phi) is 6.64. The maximum absolute atomic E-state index is 13.6. The van der Waals surface area contributed by atoms with Gasteiger partial charge in [-0.3, -0.25) is 4.79 Å². The lowest BCUT2D eigenvalue weighted by Gasteiger charge is -2.17. The Bertz CT molecular complexity index is 784. The third-order valence-corrected chi connectivity index (χ3v) is 4.32. The molecule has 4 nitrogen and oxygen atoms in total. The van der Waals surface area contributed by atoms with Gasteiger partial charge in [0.15, 0.2) is 0 Å². The van der Waals surface area contributed by atoms with Crippen LogP contribution in [0, 0.1) is 12.7 Å². The highest BCUT2D eigenvalue weighted by Gasteiger charge is 2.15. The molecular weight excluding hydrogens is 366 g/mol. The van der Waals surface area contributed by atoms with Crippen molar-refractivity contribution >= 4 is 34.8 Å². The molecule has 2 aromatic rings. The molecule has 0 aliphatic carbocycles. The van der Waals surface area contributed by atoms with E-state index < -0.39 is 5.82 Å². The lowest BCUT2D eigenvalue weighted by atomic mass is 10.1. The van der Waals surface area contributed by atoms with Gasteiger partial charge in [-0.25, -0.2) is 4.39 Å². The summed E-state index contributed by atoms with van der Waals surface area (Å²) in [5, 5.41) is 6.10. The van der Waals surface area contributed by atoms with Gasteiger partial charge in [0.25, 0.3) is 0 Å². The van der Waals surface area contributed by atoms with Gasteiger partial charge in [0.2, 0.25) is 5.91 Å². The van der Waals surface area contributed by atoms with Crippen molar-refractivity contribution in [2.75, 3.05) is 19.0 Å². The molecule has 7 heteroatoms. The molecule has 2 aromatic carbocycles. The SMILES string of the molecule is COc1ccc(C)cc1NC(=O)CN[C@@H](C)c1cc(F)c(Cl)cc1Cl. The summed E-state index contributed by atoms with van der Waals surface area (Å²) in [6.45, 7) is 3.74. The number of amides is 1. The molecule has 0 bridgehead atoms. The summed E-state index contributed by atoms with van der Waals surface area (Å²) in [5.41, 5.74) is 2.13. The minimum Gasteiger partial charge on any atom is -0.495 e. The number of ether oxygens (including phenoxy) is 1. The summed E-state index contributed by atoms with van der Waals surface area (Å²) >= 11 is 11.8. The van der Waals surface area contributed by atoms with Crippen LogP contribution in [0.5, 0.6) is 5.75 Å². The molecule has 0 aliphatic rings. The van der Waals surface area contributed by atoms with E-state index >= 15 is 0 Å².